The molecular formula is C15H23FN2. The Morgan fingerprint density at radius 1 is 1.33 bits per heavy atom. The summed E-state index contributed by atoms with van der Waals surface area (Å²) in [5, 5.41) is 3.59. The molecule has 0 amide bonds. The van der Waals surface area contributed by atoms with Gasteiger partial charge in [-0.2, -0.15) is 0 Å². The lowest BCUT2D eigenvalue weighted by Crippen LogP contribution is -2.56. The van der Waals surface area contributed by atoms with Gasteiger partial charge in [-0.3, -0.25) is 4.90 Å². The first-order chi connectivity index (χ1) is 8.56. The highest BCUT2D eigenvalue weighted by Crippen LogP contribution is 2.16. The highest BCUT2D eigenvalue weighted by Gasteiger charge is 2.26. The van der Waals surface area contributed by atoms with Crippen LogP contribution < -0.4 is 5.32 Å². The van der Waals surface area contributed by atoms with E-state index < -0.39 is 0 Å². The van der Waals surface area contributed by atoms with E-state index in [-0.39, 0.29) is 5.82 Å². The molecule has 0 spiro atoms. The van der Waals surface area contributed by atoms with Gasteiger partial charge in [-0.15, -0.1) is 0 Å². The minimum Gasteiger partial charge on any atom is -0.311 e. The molecule has 0 radical (unpaired) electrons. The maximum Gasteiger partial charge on any atom is 0.123 e. The van der Waals surface area contributed by atoms with Crippen LogP contribution in [0.3, 0.4) is 0 Å². The summed E-state index contributed by atoms with van der Waals surface area (Å²) in [4.78, 5) is 2.48. The number of piperazine rings is 1. The van der Waals surface area contributed by atoms with E-state index in [4.69, 9.17) is 0 Å². The minimum absolute atomic E-state index is 0.160. The van der Waals surface area contributed by atoms with Crippen LogP contribution in [0.15, 0.2) is 24.3 Å². The molecule has 0 saturated carbocycles. The molecule has 1 aliphatic rings. The lowest BCUT2D eigenvalue weighted by molar-refractivity contribution is 0.116. The summed E-state index contributed by atoms with van der Waals surface area (Å²) in [6.07, 6.45) is 0. The Kier molecular flexibility index (Phi) is 4.36. The number of rotatable bonds is 3. The molecule has 1 aliphatic heterocycles. The van der Waals surface area contributed by atoms with E-state index in [9.17, 15) is 4.39 Å². The lowest BCUT2D eigenvalue weighted by atomic mass is 9.99. The molecule has 0 aromatic heterocycles. The van der Waals surface area contributed by atoms with Crippen molar-refractivity contribution < 1.29 is 4.39 Å². The Morgan fingerprint density at radius 2 is 2.00 bits per heavy atom. The minimum atomic E-state index is -0.160. The predicted octanol–water partition coefficient (Wildman–Crippen LogP) is 2.64. The van der Waals surface area contributed by atoms with Crippen LogP contribution in [0, 0.1) is 11.7 Å². The van der Waals surface area contributed by atoms with E-state index in [2.05, 4.69) is 31.0 Å². The zero-order chi connectivity index (χ0) is 13.1. The molecule has 3 heteroatoms. The van der Waals surface area contributed by atoms with Crippen molar-refractivity contribution in [1.29, 1.82) is 0 Å². The highest BCUT2D eigenvalue weighted by molar-refractivity contribution is 5.16. The second kappa shape index (κ2) is 5.81. The monoisotopic (exact) mass is 250 g/mol. The molecule has 1 N–H and O–H groups in total. The van der Waals surface area contributed by atoms with Gasteiger partial charge in [0.05, 0.1) is 0 Å². The van der Waals surface area contributed by atoms with Crippen molar-refractivity contribution in [2.75, 3.05) is 13.1 Å². The van der Waals surface area contributed by atoms with Gasteiger partial charge >= 0.3 is 0 Å². The average Bonchev–Trinajstić information content (AvgIpc) is 2.34. The fourth-order valence-electron chi connectivity index (χ4n) is 2.44. The molecular weight excluding hydrogens is 227 g/mol. The summed E-state index contributed by atoms with van der Waals surface area (Å²) >= 11 is 0. The van der Waals surface area contributed by atoms with Crippen LogP contribution >= 0.6 is 0 Å². The quantitative estimate of drug-likeness (QED) is 0.887. The molecule has 2 unspecified atom stereocenters. The summed E-state index contributed by atoms with van der Waals surface area (Å²) in [7, 11) is 0. The zero-order valence-electron chi connectivity index (χ0n) is 11.5. The molecule has 2 rings (SSSR count). The normalized spacial score (nSPS) is 25.6. The van der Waals surface area contributed by atoms with Gasteiger partial charge in [0.1, 0.15) is 5.82 Å². The van der Waals surface area contributed by atoms with Crippen LogP contribution in [-0.2, 0) is 6.54 Å². The summed E-state index contributed by atoms with van der Waals surface area (Å²) in [5.74, 6) is 0.486. The summed E-state index contributed by atoms with van der Waals surface area (Å²) in [6.45, 7) is 9.76. The third kappa shape index (κ3) is 3.30. The third-order valence-electron chi connectivity index (χ3n) is 3.83. The first kappa shape index (κ1) is 13.5. The van der Waals surface area contributed by atoms with Crippen LogP contribution in [0.25, 0.3) is 0 Å². The highest BCUT2D eigenvalue weighted by atomic mass is 19.1. The fraction of sp³-hybridized carbons (Fsp3) is 0.600. The van der Waals surface area contributed by atoms with Crippen LogP contribution in [-0.4, -0.2) is 30.1 Å². The summed E-state index contributed by atoms with van der Waals surface area (Å²) < 4.78 is 12.9. The van der Waals surface area contributed by atoms with Gasteiger partial charge in [0.2, 0.25) is 0 Å². The van der Waals surface area contributed by atoms with Gasteiger partial charge in [0.25, 0.3) is 0 Å². The molecule has 0 aliphatic carbocycles. The van der Waals surface area contributed by atoms with E-state index in [1.54, 1.807) is 12.1 Å². The van der Waals surface area contributed by atoms with E-state index in [1.165, 1.54) is 5.56 Å². The van der Waals surface area contributed by atoms with Gasteiger partial charge < -0.3 is 5.32 Å². The molecule has 1 heterocycles. The van der Waals surface area contributed by atoms with E-state index >= 15 is 0 Å². The van der Waals surface area contributed by atoms with E-state index in [1.807, 2.05) is 12.1 Å². The Morgan fingerprint density at radius 3 is 2.61 bits per heavy atom. The first-order valence-electron chi connectivity index (χ1n) is 6.78. The second-order valence-electron chi connectivity index (χ2n) is 5.66. The van der Waals surface area contributed by atoms with Crippen molar-refractivity contribution in [2.45, 2.75) is 39.4 Å². The van der Waals surface area contributed by atoms with Gasteiger partial charge in [-0.05, 0) is 30.5 Å². The molecule has 100 valence electrons. The van der Waals surface area contributed by atoms with Crippen molar-refractivity contribution in [2.24, 2.45) is 5.92 Å². The summed E-state index contributed by atoms with van der Waals surface area (Å²) in [6, 6.07) is 7.94. The SMILES string of the molecule is CC(C)C1CN(Cc2ccc(F)cc2)C(C)CN1. The topological polar surface area (TPSA) is 15.3 Å². The van der Waals surface area contributed by atoms with Crippen molar-refractivity contribution in [3.63, 3.8) is 0 Å². The fourth-order valence-corrected chi connectivity index (χ4v) is 2.44. The van der Waals surface area contributed by atoms with Gasteiger partial charge in [0.15, 0.2) is 0 Å². The lowest BCUT2D eigenvalue weighted by Gasteiger charge is -2.40. The van der Waals surface area contributed by atoms with Gasteiger partial charge in [0, 0.05) is 31.7 Å². The average molecular weight is 250 g/mol. The molecule has 1 fully saturated rings. The smallest absolute Gasteiger partial charge is 0.123 e. The molecule has 1 saturated heterocycles. The standard InChI is InChI=1S/C15H23FN2/c1-11(2)15-10-18(12(3)8-17-15)9-13-4-6-14(16)7-5-13/h4-7,11-12,15,17H,8-10H2,1-3H3. The third-order valence-corrected chi connectivity index (χ3v) is 3.83. The van der Waals surface area contributed by atoms with Crippen LogP contribution in [0.2, 0.25) is 0 Å². The number of nitrogens with one attached hydrogen (secondary N) is 1. The molecule has 2 nitrogen and oxygen atoms in total. The van der Waals surface area contributed by atoms with Crippen LogP contribution in [0.5, 0.6) is 0 Å². The Hall–Kier alpha value is -0.930. The number of hydrogen-bond acceptors (Lipinski definition) is 2. The maximum atomic E-state index is 12.9. The molecule has 2 atom stereocenters. The van der Waals surface area contributed by atoms with E-state index in [0.717, 1.165) is 19.6 Å². The Bertz CT molecular complexity index is 375. The zero-order valence-corrected chi connectivity index (χ0v) is 11.5. The Balaban J connectivity index is 2.00. The molecule has 18 heavy (non-hydrogen) atoms. The van der Waals surface area contributed by atoms with Crippen molar-refractivity contribution in [3.8, 4) is 0 Å². The molecule has 0 bridgehead atoms. The number of benzene rings is 1. The van der Waals surface area contributed by atoms with Gasteiger partial charge in [-0.1, -0.05) is 26.0 Å². The number of hydrogen-bond donors (Lipinski definition) is 1. The van der Waals surface area contributed by atoms with Crippen LogP contribution in [0.1, 0.15) is 26.3 Å². The largest absolute Gasteiger partial charge is 0.311 e. The summed E-state index contributed by atoms with van der Waals surface area (Å²) in [5.41, 5.74) is 1.19. The predicted molar refractivity (Wildman–Crippen MR) is 72.9 cm³/mol. The number of nitrogens with zero attached hydrogens (tertiary/aromatic N) is 1. The number of halogens is 1. The maximum absolute atomic E-state index is 12.9. The molecule has 1 aromatic rings. The van der Waals surface area contributed by atoms with Crippen LogP contribution in [0.4, 0.5) is 4.39 Å². The molecule has 1 aromatic carbocycles. The van der Waals surface area contributed by atoms with Crippen molar-refractivity contribution in [3.05, 3.63) is 35.6 Å². The Labute approximate surface area is 109 Å². The first-order valence-corrected chi connectivity index (χ1v) is 6.78. The van der Waals surface area contributed by atoms with Crippen molar-refractivity contribution in [1.82, 2.24) is 10.2 Å². The van der Waals surface area contributed by atoms with Gasteiger partial charge in [-0.25, -0.2) is 4.39 Å². The van der Waals surface area contributed by atoms with E-state index in [0.29, 0.717) is 18.0 Å². The second-order valence-corrected chi connectivity index (χ2v) is 5.66. The van der Waals surface area contributed by atoms with Crippen molar-refractivity contribution >= 4 is 0 Å².